The molecule has 0 aliphatic carbocycles. The van der Waals surface area contributed by atoms with Crippen molar-refractivity contribution in [2.24, 2.45) is 0 Å². The molecule has 1 aromatic carbocycles. The predicted octanol–water partition coefficient (Wildman–Crippen LogP) is 1.17. The minimum atomic E-state index is -0.510. The summed E-state index contributed by atoms with van der Waals surface area (Å²) in [6.45, 7) is 2.51. The molecule has 18 heavy (non-hydrogen) atoms. The number of nitrogen functional groups attached to an aromatic ring is 1. The molecule has 0 saturated carbocycles. The van der Waals surface area contributed by atoms with E-state index in [1.807, 2.05) is 24.3 Å². The van der Waals surface area contributed by atoms with Crippen molar-refractivity contribution < 1.29 is 9.84 Å². The molecule has 3 unspecified atom stereocenters. The summed E-state index contributed by atoms with van der Waals surface area (Å²) in [5, 5.41) is 10.3. The molecule has 2 heterocycles. The van der Waals surface area contributed by atoms with E-state index in [1.165, 1.54) is 0 Å². The summed E-state index contributed by atoms with van der Waals surface area (Å²) in [5.41, 5.74) is 7.39. The van der Waals surface area contributed by atoms with Gasteiger partial charge in [0.15, 0.2) is 0 Å². The lowest BCUT2D eigenvalue weighted by Crippen LogP contribution is -2.44. The van der Waals surface area contributed by atoms with E-state index in [0.717, 1.165) is 31.5 Å². The fourth-order valence-corrected chi connectivity index (χ4v) is 3.01. The largest absolute Gasteiger partial charge is 0.398 e. The van der Waals surface area contributed by atoms with Crippen molar-refractivity contribution in [3.8, 4) is 0 Å². The second-order valence-corrected chi connectivity index (χ2v) is 5.32. The molecular formula is C14H20N2O2. The molecule has 2 aliphatic rings. The van der Waals surface area contributed by atoms with Crippen LogP contribution >= 0.6 is 0 Å². The lowest BCUT2D eigenvalue weighted by Gasteiger charge is -2.33. The Labute approximate surface area is 107 Å². The van der Waals surface area contributed by atoms with Gasteiger partial charge in [0.05, 0.1) is 18.3 Å². The second-order valence-electron chi connectivity index (χ2n) is 5.32. The topological polar surface area (TPSA) is 58.7 Å². The maximum atomic E-state index is 10.3. The molecule has 4 heteroatoms. The van der Waals surface area contributed by atoms with E-state index in [0.29, 0.717) is 24.4 Å². The normalized spacial score (nSPS) is 29.4. The zero-order valence-electron chi connectivity index (χ0n) is 10.5. The van der Waals surface area contributed by atoms with Crippen LogP contribution in [0.5, 0.6) is 0 Å². The zero-order chi connectivity index (χ0) is 12.5. The number of para-hydroxylation sites is 1. The minimum absolute atomic E-state index is 0.365. The summed E-state index contributed by atoms with van der Waals surface area (Å²) >= 11 is 0. The first-order valence-electron chi connectivity index (χ1n) is 6.62. The van der Waals surface area contributed by atoms with Crippen LogP contribution in [0.4, 0.5) is 5.69 Å². The number of fused-ring (bicyclic) bond motifs is 2. The van der Waals surface area contributed by atoms with Crippen molar-refractivity contribution >= 4 is 5.69 Å². The summed E-state index contributed by atoms with van der Waals surface area (Å²) in [7, 11) is 0. The number of anilines is 1. The molecule has 2 aliphatic heterocycles. The molecule has 4 nitrogen and oxygen atoms in total. The van der Waals surface area contributed by atoms with Crippen molar-refractivity contribution in [3.05, 3.63) is 29.8 Å². The molecule has 2 fully saturated rings. The van der Waals surface area contributed by atoms with Gasteiger partial charge in [0.25, 0.3) is 0 Å². The second kappa shape index (κ2) is 4.88. The molecule has 2 saturated heterocycles. The van der Waals surface area contributed by atoms with Crippen LogP contribution in [-0.2, 0) is 4.74 Å². The maximum absolute atomic E-state index is 10.3. The van der Waals surface area contributed by atoms with E-state index in [2.05, 4.69) is 4.90 Å². The van der Waals surface area contributed by atoms with Gasteiger partial charge in [-0.1, -0.05) is 18.2 Å². The number of nitrogens with two attached hydrogens (primary N) is 1. The van der Waals surface area contributed by atoms with Crippen LogP contribution in [-0.4, -0.2) is 41.8 Å². The van der Waals surface area contributed by atoms with E-state index in [1.54, 1.807) is 0 Å². The number of hydrogen-bond donors (Lipinski definition) is 2. The molecule has 0 amide bonds. The number of likely N-dealkylation sites (tertiary alicyclic amines) is 1. The number of aliphatic hydroxyl groups is 1. The summed E-state index contributed by atoms with van der Waals surface area (Å²) in [5.74, 6) is 0. The molecule has 2 bridgehead atoms. The van der Waals surface area contributed by atoms with Crippen molar-refractivity contribution in [2.75, 3.05) is 25.4 Å². The number of β-amino-alcohol motifs (C(OH)–C–C–N with tert-alkyl or cyclic N) is 1. The Balaban J connectivity index is 1.64. The number of morpholine rings is 1. The monoisotopic (exact) mass is 248 g/mol. The van der Waals surface area contributed by atoms with E-state index < -0.39 is 6.10 Å². The molecule has 0 radical (unpaired) electrons. The third kappa shape index (κ3) is 2.36. The van der Waals surface area contributed by atoms with Gasteiger partial charge in [0.2, 0.25) is 0 Å². The van der Waals surface area contributed by atoms with Crippen LogP contribution in [0, 0.1) is 0 Å². The van der Waals surface area contributed by atoms with Gasteiger partial charge in [-0.05, 0) is 18.9 Å². The molecule has 0 aromatic heterocycles. The number of aliphatic hydroxyl groups excluding tert-OH is 1. The number of nitrogens with zero attached hydrogens (tertiary/aromatic N) is 1. The third-order valence-electron chi connectivity index (χ3n) is 3.91. The highest BCUT2D eigenvalue weighted by molar-refractivity contribution is 5.47. The first-order chi connectivity index (χ1) is 8.72. The van der Waals surface area contributed by atoms with Crippen molar-refractivity contribution in [1.82, 2.24) is 4.90 Å². The minimum Gasteiger partial charge on any atom is -0.398 e. The van der Waals surface area contributed by atoms with Gasteiger partial charge in [-0.3, -0.25) is 4.90 Å². The standard InChI is InChI=1S/C14H20N2O2/c15-13-4-2-1-3-12(13)14(17)9-16-7-10-5-6-11(8-16)18-10/h1-4,10-11,14,17H,5-9,15H2. The Morgan fingerprint density at radius 3 is 2.61 bits per heavy atom. The van der Waals surface area contributed by atoms with Gasteiger partial charge < -0.3 is 15.6 Å². The van der Waals surface area contributed by atoms with Crippen LogP contribution in [0.25, 0.3) is 0 Å². The van der Waals surface area contributed by atoms with Gasteiger partial charge in [0.1, 0.15) is 0 Å². The Morgan fingerprint density at radius 1 is 1.28 bits per heavy atom. The highest BCUT2D eigenvalue weighted by Crippen LogP contribution is 2.28. The van der Waals surface area contributed by atoms with Gasteiger partial charge in [0, 0.05) is 30.9 Å². The summed E-state index contributed by atoms with van der Waals surface area (Å²) in [6.07, 6.45) is 2.53. The fourth-order valence-electron chi connectivity index (χ4n) is 3.01. The molecule has 3 N–H and O–H groups in total. The highest BCUT2D eigenvalue weighted by Gasteiger charge is 2.34. The Hall–Kier alpha value is -1.10. The first-order valence-corrected chi connectivity index (χ1v) is 6.62. The average Bonchev–Trinajstić information content (AvgIpc) is 2.69. The van der Waals surface area contributed by atoms with Gasteiger partial charge in [-0.25, -0.2) is 0 Å². The van der Waals surface area contributed by atoms with Crippen LogP contribution < -0.4 is 5.73 Å². The van der Waals surface area contributed by atoms with Crippen molar-refractivity contribution in [2.45, 2.75) is 31.2 Å². The Morgan fingerprint density at radius 2 is 1.94 bits per heavy atom. The first kappa shape index (κ1) is 12.0. The quantitative estimate of drug-likeness (QED) is 0.788. The van der Waals surface area contributed by atoms with E-state index in [4.69, 9.17) is 10.5 Å². The lowest BCUT2D eigenvalue weighted by molar-refractivity contribution is -0.0496. The molecule has 3 rings (SSSR count). The number of rotatable bonds is 3. The Kier molecular flexibility index (Phi) is 3.24. The number of ether oxygens (including phenoxy) is 1. The van der Waals surface area contributed by atoms with Gasteiger partial charge >= 0.3 is 0 Å². The summed E-state index contributed by atoms with van der Waals surface area (Å²) < 4.78 is 5.79. The Bertz CT molecular complexity index is 412. The maximum Gasteiger partial charge on any atom is 0.0936 e. The van der Waals surface area contributed by atoms with Crippen LogP contribution in [0.1, 0.15) is 24.5 Å². The highest BCUT2D eigenvalue weighted by atomic mass is 16.5. The predicted molar refractivity (Wildman–Crippen MR) is 70.1 cm³/mol. The molecular weight excluding hydrogens is 228 g/mol. The molecule has 98 valence electrons. The van der Waals surface area contributed by atoms with Crippen molar-refractivity contribution in [3.63, 3.8) is 0 Å². The van der Waals surface area contributed by atoms with Crippen LogP contribution in [0.3, 0.4) is 0 Å². The smallest absolute Gasteiger partial charge is 0.0936 e. The molecule has 3 atom stereocenters. The lowest BCUT2D eigenvalue weighted by atomic mass is 10.1. The zero-order valence-corrected chi connectivity index (χ0v) is 10.5. The summed E-state index contributed by atoms with van der Waals surface area (Å²) in [4.78, 5) is 2.29. The van der Waals surface area contributed by atoms with Gasteiger partial charge in [-0.15, -0.1) is 0 Å². The van der Waals surface area contributed by atoms with Crippen LogP contribution in [0.2, 0.25) is 0 Å². The number of benzene rings is 1. The van der Waals surface area contributed by atoms with Crippen LogP contribution in [0.15, 0.2) is 24.3 Å². The van der Waals surface area contributed by atoms with E-state index in [9.17, 15) is 5.11 Å². The van der Waals surface area contributed by atoms with E-state index >= 15 is 0 Å². The fraction of sp³-hybridized carbons (Fsp3) is 0.571. The molecule has 1 aromatic rings. The SMILES string of the molecule is Nc1ccccc1C(O)CN1CC2CCC(C1)O2. The van der Waals surface area contributed by atoms with Gasteiger partial charge in [-0.2, -0.15) is 0 Å². The summed E-state index contributed by atoms with van der Waals surface area (Å²) in [6, 6.07) is 7.54. The van der Waals surface area contributed by atoms with Crippen molar-refractivity contribution in [1.29, 1.82) is 0 Å². The number of hydrogen-bond acceptors (Lipinski definition) is 4. The van der Waals surface area contributed by atoms with E-state index in [-0.39, 0.29) is 0 Å². The third-order valence-corrected chi connectivity index (χ3v) is 3.91. The average molecular weight is 248 g/mol. The molecule has 0 spiro atoms.